The molecule has 0 unspecified atom stereocenters. The van der Waals surface area contributed by atoms with Gasteiger partial charge in [-0.15, -0.1) is 0 Å². The fourth-order valence-electron chi connectivity index (χ4n) is 8.26. The van der Waals surface area contributed by atoms with Crippen LogP contribution in [0.4, 0.5) is 0 Å². The lowest BCUT2D eigenvalue weighted by molar-refractivity contribution is -0.154. The predicted octanol–water partition coefficient (Wildman–Crippen LogP) is 4.66. The lowest BCUT2D eigenvalue weighted by atomic mass is 9.50. The Kier molecular flexibility index (Phi) is 3.87. The molecule has 148 valence electrons. The van der Waals surface area contributed by atoms with Gasteiger partial charge in [-0.25, -0.2) is 0 Å². The molecule has 1 aliphatic heterocycles. The molecular weight excluding hydrogens is 322 g/mol. The number of nitriles is 1. The van der Waals surface area contributed by atoms with Crippen molar-refractivity contribution in [1.82, 2.24) is 9.80 Å². The Morgan fingerprint density at radius 2 is 1.23 bits per heavy atom. The van der Waals surface area contributed by atoms with Crippen LogP contribution in [0, 0.1) is 33.1 Å². The molecule has 1 amide bonds. The third kappa shape index (κ3) is 1.47. The molecule has 0 spiro atoms. The van der Waals surface area contributed by atoms with E-state index in [1.54, 1.807) is 6.92 Å². The molecule has 1 aliphatic carbocycles. The first-order valence-electron chi connectivity index (χ1n) is 9.74. The van der Waals surface area contributed by atoms with E-state index in [1.165, 1.54) is 0 Å². The van der Waals surface area contributed by atoms with Crippen molar-refractivity contribution >= 4 is 5.91 Å². The molecular formula is C22H39N3O. The van der Waals surface area contributed by atoms with Crippen molar-refractivity contribution in [2.24, 2.45) is 21.7 Å². The topological polar surface area (TPSA) is 47.3 Å². The Morgan fingerprint density at radius 3 is 1.58 bits per heavy atom. The summed E-state index contributed by atoms with van der Waals surface area (Å²) in [5.74, 6) is 0.0569. The Bertz CT molecular complexity index is 695. The summed E-state index contributed by atoms with van der Waals surface area (Å²) in [5, 5.41) is 10.2. The second-order valence-corrected chi connectivity index (χ2v) is 11.3. The average molecular weight is 362 g/mol. The van der Waals surface area contributed by atoms with Crippen LogP contribution in [0.3, 0.4) is 0 Å². The number of nitrogens with zero attached hydrogens (tertiary/aromatic N) is 3. The van der Waals surface area contributed by atoms with E-state index in [0.717, 1.165) is 0 Å². The van der Waals surface area contributed by atoms with Gasteiger partial charge in [0, 0.05) is 19.4 Å². The Labute approximate surface area is 160 Å². The molecule has 2 rings (SSSR count). The number of rotatable bonds is 1. The fourth-order valence-corrected chi connectivity index (χ4v) is 8.26. The van der Waals surface area contributed by atoms with E-state index < -0.39 is 16.6 Å². The molecule has 4 heteroatoms. The molecule has 26 heavy (non-hydrogen) atoms. The van der Waals surface area contributed by atoms with E-state index in [1.807, 2.05) is 16.8 Å². The largest absolute Gasteiger partial charge is 0.337 e. The maximum Gasteiger partial charge on any atom is 0.219 e. The van der Waals surface area contributed by atoms with Crippen molar-refractivity contribution in [3.63, 3.8) is 0 Å². The highest BCUT2D eigenvalue weighted by Gasteiger charge is 2.90. The Balaban J connectivity index is 3.19. The highest BCUT2D eigenvalue weighted by atomic mass is 16.2. The first kappa shape index (κ1) is 21.1. The summed E-state index contributed by atoms with van der Waals surface area (Å²) < 4.78 is 0. The number of likely N-dealkylation sites (tertiary alicyclic amines) is 1. The zero-order valence-electron chi connectivity index (χ0n) is 19.2. The third-order valence-electron chi connectivity index (χ3n) is 10.3. The number of fused-ring (bicyclic) bond motifs is 1. The molecule has 2 fully saturated rings. The van der Waals surface area contributed by atoms with Crippen LogP contribution in [0.2, 0.25) is 0 Å². The van der Waals surface area contributed by atoms with E-state index in [-0.39, 0.29) is 27.6 Å². The molecule has 0 radical (unpaired) electrons. The SMILES string of the molecule is CC(=O)N(C)[C@@]12C(C)(C)N(C#N)C(C)(C)[C@]1(C)C(C)(C)C(C)(C)C2(C)C. The van der Waals surface area contributed by atoms with Crippen LogP contribution in [0.1, 0.15) is 83.1 Å². The number of hydrogen-bond donors (Lipinski definition) is 0. The summed E-state index contributed by atoms with van der Waals surface area (Å²) in [7, 11) is 1.94. The van der Waals surface area contributed by atoms with Crippen LogP contribution < -0.4 is 0 Å². The highest BCUT2D eigenvalue weighted by Crippen LogP contribution is 2.84. The maximum atomic E-state index is 12.8. The molecule has 2 atom stereocenters. The number of carbonyl (C=O) groups is 1. The monoisotopic (exact) mass is 361 g/mol. The third-order valence-corrected chi connectivity index (χ3v) is 10.3. The van der Waals surface area contributed by atoms with Crippen molar-refractivity contribution in [3.8, 4) is 6.19 Å². The molecule has 0 N–H and O–H groups in total. The van der Waals surface area contributed by atoms with Gasteiger partial charge >= 0.3 is 0 Å². The molecule has 4 nitrogen and oxygen atoms in total. The molecule has 0 aromatic heterocycles. The molecule has 1 saturated carbocycles. The van der Waals surface area contributed by atoms with E-state index in [4.69, 9.17) is 0 Å². The maximum absolute atomic E-state index is 12.8. The lowest BCUT2D eigenvalue weighted by Gasteiger charge is -2.60. The van der Waals surface area contributed by atoms with Gasteiger partial charge in [0.1, 0.15) is 0 Å². The van der Waals surface area contributed by atoms with Crippen molar-refractivity contribution in [1.29, 1.82) is 5.26 Å². The van der Waals surface area contributed by atoms with Gasteiger partial charge in [0.05, 0.1) is 16.6 Å². The van der Waals surface area contributed by atoms with Crippen LogP contribution in [-0.4, -0.2) is 39.4 Å². The molecule has 1 heterocycles. The average Bonchev–Trinajstić information content (AvgIpc) is 2.60. The van der Waals surface area contributed by atoms with E-state index in [2.05, 4.69) is 82.4 Å². The summed E-state index contributed by atoms with van der Waals surface area (Å²) in [4.78, 5) is 16.8. The predicted molar refractivity (Wildman–Crippen MR) is 106 cm³/mol. The smallest absolute Gasteiger partial charge is 0.219 e. The van der Waals surface area contributed by atoms with Crippen molar-refractivity contribution in [2.75, 3.05) is 7.05 Å². The molecule has 0 aromatic carbocycles. The molecule has 0 bridgehead atoms. The van der Waals surface area contributed by atoms with Gasteiger partial charge in [0.2, 0.25) is 5.91 Å². The van der Waals surface area contributed by atoms with Crippen molar-refractivity contribution in [3.05, 3.63) is 0 Å². The second-order valence-electron chi connectivity index (χ2n) is 11.3. The molecule has 2 aliphatic rings. The molecule has 0 aromatic rings. The van der Waals surface area contributed by atoms with Gasteiger partial charge in [-0.2, -0.15) is 5.26 Å². The van der Waals surface area contributed by atoms with Gasteiger partial charge in [-0.3, -0.25) is 9.69 Å². The Hall–Kier alpha value is -1.24. The minimum atomic E-state index is -0.523. The first-order valence-corrected chi connectivity index (χ1v) is 9.74. The van der Waals surface area contributed by atoms with Gasteiger partial charge in [-0.05, 0) is 43.9 Å². The summed E-state index contributed by atoms with van der Waals surface area (Å²) in [6, 6.07) is 0. The number of hydrogen-bond acceptors (Lipinski definition) is 3. The van der Waals surface area contributed by atoms with Crippen LogP contribution in [0.15, 0.2) is 0 Å². The van der Waals surface area contributed by atoms with Gasteiger partial charge in [0.25, 0.3) is 0 Å². The van der Waals surface area contributed by atoms with Crippen LogP contribution >= 0.6 is 0 Å². The van der Waals surface area contributed by atoms with Crippen molar-refractivity contribution in [2.45, 2.75) is 99.7 Å². The fraction of sp³-hybridized carbons (Fsp3) is 0.909. The second kappa shape index (κ2) is 4.78. The normalized spacial score (nSPS) is 37.8. The van der Waals surface area contributed by atoms with Gasteiger partial charge in [0.15, 0.2) is 6.19 Å². The highest BCUT2D eigenvalue weighted by molar-refractivity contribution is 5.75. The summed E-state index contributed by atoms with van der Waals surface area (Å²) in [5.41, 5.74) is -2.19. The zero-order valence-corrected chi connectivity index (χ0v) is 19.2. The number of amides is 1. The zero-order chi connectivity index (χ0) is 20.9. The van der Waals surface area contributed by atoms with E-state index in [9.17, 15) is 10.1 Å². The number of likely N-dealkylation sites (N-methyl/N-ethyl adjacent to an activating group) is 1. The Morgan fingerprint density at radius 1 is 0.808 bits per heavy atom. The minimum Gasteiger partial charge on any atom is -0.337 e. The lowest BCUT2D eigenvalue weighted by Crippen LogP contribution is -2.72. The summed E-state index contributed by atoms with van der Waals surface area (Å²) >= 11 is 0. The minimum absolute atomic E-state index is 0.0569. The van der Waals surface area contributed by atoms with Gasteiger partial charge in [-0.1, -0.05) is 48.5 Å². The molecule has 1 saturated heterocycles. The number of carbonyl (C=O) groups excluding carboxylic acids is 1. The summed E-state index contributed by atoms with van der Waals surface area (Å²) in [6.07, 6.45) is 2.52. The van der Waals surface area contributed by atoms with Crippen molar-refractivity contribution < 1.29 is 4.79 Å². The first-order chi connectivity index (χ1) is 11.3. The van der Waals surface area contributed by atoms with E-state index in [0.29, 0.717) is 0 Å². The van der Waals surface area contributed by atoms with Crippen LogP contribution in [-0.2, 0) is 4.79 Å². The van der Waals surface area contributed by atoms with Crippen LogP contribution in [0.5, 0.6) is 0 Å². The summed E-state index contributed by atoms with van der Waals surface area (Å²) in [6.45, 7) is 26.6. The van der Waals surface area contributed by atoms with Gasteiger partial charge < -0.3 is 4.90 Å². The standard InChI is InChI=1S/C22H39N3O/c1-15(26)24(13)22-18(6,7)16(2,3)17(4,5)21(22,12)19(8,9)25(14-23)20(22,10)11/h1-13H3/t21-,22-/m0/s1. The quantitative estimate of drug-likeness (QED) is 0.638. The van der Waals surface area contributed by atoms with Crippen LogP contribution in [0.25, 0.3) is 0 Å². The van der Waals surface area contributed by atoms with E-state index >= 15 is 0 Å².